The molecule has 1 aliphatic heterocycles. The molecule has 0 amide bonds. The normalized spacial score (nSPS) is 25.4. The van der Waals surface area contributed by atoms with Gasteiger partial charge in [-0.05, 0) is 6.08 Å². The van der Waals surface area contributed by atoms with Crippen LogP contribution in [-0.4, -0.2) is 11.9 Å². The molecule has 0 aromatic heterocycles. The lowest BCUT2D eigenvalue weighted by Gasteiger charge is -2.19. The molecule has 2 aliphatic rings. The Balaban J connectivity index is 2.46. The van der Waals surface area contributed by atoms with Crippen LogP contribution in [0.15, 0.2) is 39.5 Å². The van der Waals surface area contributed by atoms with E-state index in [1.54, 1.807) is 12.2 Å². The zero-order valence-corrected chi connectivity index (χ0v) is 8.43. The largest absolute Gasteiger partial charge is 0.418 e. The highest BCUT2D eigenvalue weighted by Crippen LogP contribution is 2.37. The smallest absolute Gasteiger partial charge is 0.260 e. The van der Waals surface area contributed by atoms with Crippen molar-refractivity contribution in [1.29, 1.82) is 0 Å². The van der Waals surface area contributed by atoms with E-state index in [1.165, 1.54) is 6.20 Å². The molecule has 0 aromatic carbocycles. The Kier molecular flexibility index (Phi) is 2.14. The number of aliphatic imine (C=N–C) groups is 1. The van der Waals surface area contributed by atoms with Crippen LogP contribution in [-0.2, 0) is 0 Å². The van der Waals surface area contributed by atoms with E-state index in [4.69, 9.17) is 0 Å². The average molecular weight is 264 g/mol. The number of alkyl halides is 3. The van der Waals surface area contributed by atoms with E-state index >= 15 is 0 Å². The Bertz CT molecular complexity index is 387. The fourth-order valence-corrected chi connectivity index (χ4v) is 1.95. The van der Waals surface area contributed by atoms with Gasteiger partial charge in [0.05, 0.1) is 11.3 Å². The number of allylic oxidation sites excluding steroid dienone is 5. The molecule has 0 spiro atoms. The van der Waals surface area contributed by atoms with Crippen LogP contribution in [0.5, 0.6) is 0 Å². The van der Waals surface area contributed by atoms with Gasteiger partial charge in [0.1, 0.15) is 0 Å². The molecule has 0 N–H and O–H groups in total. The second-order valence-corrected chi connectivity index (χ2v) is 3.90. The third kappa shape index (κ3) is 1.56. The highest BCUT2D eigenvalue weighted by molar-refractivity contribution is 9.11. The van der Waals surface area contributed by atoms with Crippen molar-refractivity contribution < 1.29 is 13.2 Å². The maximum absolute atomic E-state index is 12.5. The van der Waals surface area contributed by atoms with Crippen LogP contribution in [0.3, 0.4) is 0 Å². The summed E-state index contributed by atoms with van der Waals surface area (Å²) in [6.07, 6.45) is 1.45. The topological polar surface area (TPSA) is 12.4 Å². The number of fused-ring (bicyclic) bond motifs is 1. The molecule has 5 heteroatoms. The molecule has 0 fully saturated rings. The predicted octanol–water partition coefficient (Wildman–Crippen LogP) is 3.35. The van der Waals surface area contributed by atoms with Gasteiger partial charge in [-0.15, -0.1) is 0 Å². The number of rotatable bonds is 0. The van der Waals surface area contributed by atoms with Crippen molar-refractivity contribution in [2.45, 2.75) is 6.18 Å². The van der Waals surface area contributed by atoms with Crippen LogP contribution in [0.2, 0.25) is 0 Å². The molecule has 0 radical (unpaired) electrons. The summed E-state index contributed by atoms with van der Waals surface area (Å²) in [5.74, 6) is -0.342. The molecule has 14 heavy (non-hydrogen) atoms. The summed E-state index contributed by atoms with van der Waals surface area (Å²) in [5.41, 5.74) is -0.581. The fourth-order valence-electron chi connectivity index (χ4n) is 1.44. The van der Waals surface area contributed by atoms with Crippen molar-refractivity contribution in [3.8, 4) is 0 Å². The number of hydrogen-bond acceptors (Lipinski definition) is 1. The van der Waals surface area contributed by atoms with Crippen LogP contribution in [0.1, 0.15) is 0 Å². The first-order valence-electron chi connectivity index (χ1n) is 3.89. The van der Waals surface area contributed by atoms with Gasteiger partial charge in [-0.1, -0.05) is 28.1 Å². The standard InChI is InChI=1S/C9H5BrF3N/c10-6-3-5-1-2-14-8(5)7(4-6)9(11,12)13/h1-5H/t5-/m1/s1. The molecular weight excluding hydrogens is 259 g/mol. The summed E-state index contributed by atoms with van der Waals surface area (Å²) in [6.45, 7) is 0. The van der Waals surface area contributed by atoms with Crippen LogP contribution >= 0.6 is 15.9 Å². The lowest BCUT2D eigenvalue weighted by atomic mass is 9.93. The molecule has 1 heterocycles. The van der Waals surface area contributed by atoms with E-state index in [-0.39, 0.29) is 11.6 Å². The van der Waals surface area contributed by atoms with Crippen molar-refractivity contribution in [3.63, 3.8) is 0 Å². The van der Waals surface area contributed by atoms with Gasteiger partial charge >= 0.3 is 6.18 Å². The second kappa shape index (κ2) is 3.08. The van der Waals surface area contributed by atoms with Crippen molar-refractivity contribution in [3.05, 3.63) is 34.5 Å². The van der Waals surface area contributed by atoms with Gasteiger partial charge in [0, 0.05) is 16.6 Å². The minimum absolute atomic E-state index is 0.0840. The molecule has 0 saturated heterocycles. The van der Waals surface area contributed by atoms with Crippen molar-refractivity contribution in [2.75, 3.05) is 0 Å². The van der Waals surface area contributed by atoms with E-state index in [2.05, 4.69) is 20.9 Å². The molecule has 0 saturated carbocycles. The lowest BCUT2D eigenvalue weighted by molar-refractivity contribution is -0.0863. The molecule has 0 unspecified atom stereocenters. The van der Waals surface area contributed by atoms with Gasteiger partial charge in [-0.3, -0.25) is 4.99 Å². The van der Waals surface area contributed by atoms with Crippen LogP contribution in [0.25, 0.3) is 0 Å². The number of nitrogens with zero attached hydrogens (tertiary/aromatic N) is 1. The van der Waals surface area contributed by atoms with E-state index < -0.39 is 11.7 Å². The Morgan fingerprint density at radius 2 is 2.07 bits per heavy atom. The first kappa shape index (κ1) is 9.71. The zero-order chi connectivity index (χ0) is 10.3. The SMILES string of the molecule is FC(F)(F)C1=CC(Br)=C[C@H]2C=CN=C12. The van der Waals surface area contributed by atoms with Gasteiger partial charge in [0.2, 0.25) is 0 Å². The molecule has 74 valence electrons. The monoisotopic (exact) mass is 263 g/mol. The van der Waals surface area contributed by atoms with Crippen molar-refractivity contribution in [2.24, 2.45) is 10.9 Å². The Morgan fingerprint density at radius 1 is 1.36 bits per heavy atom. The number of hydrogen-bond donors (Lipinski definition) is 0. The van der Waals surface area contributed by atoms with E-state index in [0.717, 1.165) is 6.08 Å². The molecule has 1 aliphatic carbocycles. The summed E-state index contributed by atoms with van der Waals surface area (Å²) in [5, 5.41) is 0. The minimum Gasteiger partial charge on any atom is -0.260 e. The Hall–Kier alpha value is -0.840. The third-order valence-corrected chi connectivity index (χ3v) is 2.52. The average Bonchev–Trinajstić information content (AvgIpc) is 2.47. The Morgan fingerprint density at radius 3 is 2.71 bits per heavy atom. The summed E-state index contributed by atoms with van der Waals surface area (Å²) in [7, 11) is 0. The van der Waals surface area contributed by atoms with Gasteiger partial charge in [-0.2, -0.15) is 13.2 Å². The van der Waals surface area contributed by atoms with Crippen molar-refractivity contribution >= 4 is 21.6 Å². The molecule has 0 aromatic rings. The van der Waals surface area contributed by atoms with Crippen LogP contribution < -0.4 is 0 Å². The van der Waals surface area contributed by atoms with E-state index in [9.17, 15) is 13.2 Å². The van der Waals surface area contributed by atoms with Gasteiger partial charge in [-0.25, -0.2) is 0 Å². The van der Waals surface area contributed by atoms with Crippen molar-refractivity contribution in [1.82, 2.24) is 0 Å². The summed E-state index contributed by atoms with van der Waals surface area (Å²) in [6, 6.07) is 0. The summed E-state index contributed by atoms with van der Waals surface area (Å²) >= 11 is 3.05. The zero-order valence-electron chi connectivity index (χ0n) is 6.85. The molecule has 1 nitrogen and oxygen atoms in total. The maximum Gasteiger partial charge on any atom is 0.418 e. The lowest BCUT2D eigenvalue weighted by Crippen LogP contribution is -2.25. The minimum atomic E-state index is -4.34. The Labute approximate surface area is 86.8 Å². The summed E-state index contributed by atoms with van der Waals surface area (Å²) in [4.78, 5) is 3.72. The predicted molar refractivity (Wildman–Crippen MR) is 51.2 cm³/mol. The van der Waals surface area contributed by atoms with Gasteiger partial charge < -0.3 is 0 Å². The molecule has 1 atom stereocenters. The van der Waals surface area contributed by atoms with E-state index in [0.29, 0.717) is 4.48 Å². The van der Waals surface area contributed by atoms with Gasteiger partial charge in [0.25, 0.3) is 0 Å². The van der Waals surface area contributed by atoms with Crippen LogP contribution in [0, 0.1) is 5.92 Å². The highest BCUT2D eigenvalue weighted by Gasteiger charge is 2.40. The van der Waals surface area contributed by atoms with E-state index in [1.807, 2.05) is 0 Å². The second-order valence-electron chi connectivity index (χ2n) is 2.99. The first-order chi connectivity index (χ1) is 6.48. The molecule has 0 bridgehead atoms. The maximum atomic E-state index is 12.5. The summed E-state index contributed by atoms with van der Waals surface area (Å²) < 4.78 is 38.0. The first-order valence-corrected chi connectivity index (χ1v) is 4.69. The fraction of sp³-hybridized carbons (Fsp3) is 0.222. The quantitative estimate of drug-likeness (QED) is 0.636. The van der Waals surface area contributed by atoms with Gasteiger partial charge in [0.15, 0.2) is 0 Å². The number of halogens is 4. The van der Waals surface area contributed by atoms with Crippen LogP contribution in [0.4, 0.5) is 13.2 Å². The third-order valence-electron chi connectivity index (χ3n) is 2.03. The highest BCUT2D eigenvalue weighted by atomic mass is 79.9. The molecular formula is C9H5BrF3N. The molecule has 2 rings (SSSR count).